The van der Waals surface area contributed by atoms with Crippen LogP contribution in [0.3, 0.4) is 0 Å². The smallest absolute Gasteiger partial charge is 0.333 e. The van der Waals surface area contributed by atoms with Gasteiger partial charge in [-0.2, -0.15) is 26.9 Å². The maximum absolute atomic E-state index is 13.0. The van der Waals surface area contributed by atoms with Gasteiger partial charge in [0.25, 0.3) is 10.0 Å². The number of sulfonamides is 1. The quantitative estimate of drug-likeness (QED) is 0.704. The Labute approximate surface area is 155 Å². The van der Waals surface area contributed by atoms with Gasteiger partial charge < -0.3 is 4.57 Å². The van der Waals surface area contributed by atoms with Crippen LogP contribution in [0.2, 0.25) is 0 Å². The highest BCUT2D eigenvalue weighted by atomic mass is 32.2. The summed E-state index contributed by atoms with van der Waals surface area (Å²) in [7, 11) is -4.23. The zero-order chi connectivity index (χ0) is 20.2. The number of nitrogens with zero attached hydrogens (tertiary/aromatic N) is 4. The molecular formula is C17H19F3N4O2S. The van der Waals surface area contributed by atoms with Crippen LogP contribution in [0, 0.1) is 11.3 Å². The fraction of sp³-hybridized carbons (Fsp3) is 0.412. The SMILES string of the molecule is CC[C@H](C)n1cnc(S(=O)(=O)N(CCC#N)c2cccc(C(F)(F)F)c2)c1. The highest BCUT2D eigenvalue weighted by molar-refractivity contribution is 7.92. The van der Waals surface area contributed by atoms with E-state index < -0.39 is 21.8 Å². The van der Waals surface area contributed by atoms with Crippen molar-refractivity contribution >= 4 is 15.7 Å². The third kappa shape index (κ3) is 4.60. The number of hydrogen-bond donors (Lipinski definition) is 0. The van der Waals surface area contributed by atoms with Crippen molar-refractivity contribution in [3.8, 4) is 6.07 Å². The molecule has 0 aliphatic carbocycles. The van der Waals surface area contributed by atoms with Gasteiger partial charge in [-0.15, -0.1) is 0 Å². The lowest BCUT2D eigenvalue weighted by Gasteiger charge is -2.23. The number of anilines is 1. The van der Waals surface area contributed by atoms with Gasteiger partial charge in [-0.25, -0.2) is 4.98 Å². The number of rotatable bonds is 7. The van der Waals surface area contributed by atoms with E-state index in [1.54, 1.807) is 4.57 Å². The van der Waals surface area contributed by atoms with E-state index in [0.717, 1.165) is 28.9 Å². The van der Waals surface area contributed by atoms with E-state index in [0.29, 0.717) is 0 Å². The Morgan fingerprint density at radius 2 is 2.07 bits per heavy atom. The van der Waals surface area contributed by atoms with Gasteiger partial charge in [-0.1, -0.05) is 13.0 Å². The summed E-state index contributed by atoms with van der Waals surface area (Å²) in [5, 5.41) is 8.54. The van der Waals surface area contributed by atoms with Gasteiger partial charge in [0.1, 0.15) is 0 Å². The van der Waals surface area contributed by atoms with Crippen molar-refractivity contribution in [1.82, 2.24) is 9.55 Å². The minimum Gasteiger partial charge on any atom is -0.333 e. The number of halogens is 3. The Balaban J connectivity index is 2.50. The molecule has 6 nitrogen and oxygen atoms in total. The Morgan fingerprint density at radius 3 is 2.67 bits per heavy atom. The van der Waals surface area contributed by atoms with Crippen molar-refractivity contribution in [1.29, 1.82) is 5.26 Å². The molecule has 0 N–H and O–H groups in total. The molecule has 0 unspecified atom stereocenters. The van der Waals surface area contributed by atoms with Crippen molar-refractivity contribution in [2.75, 3.05) is 10.8 Å². The van der Waals surface area contributed by atoms with Crippen LogP contribution in [-0.4, -0.2) is 24.5 Å². The maximum atomic E-state index is 13.0. The highest BCUT2D eigenvalue weighted by Gasteiger charge is 2.33. The molecule has 27 heavy (non-hydrogen) atoms. The number of aromatic nitrogens is 2. The monoisotopic (exact) mass is 400 g/mol. The molecular weight excluding hydrogens is 381 g/mol. The second kappa shape index (κ2) is 8.00. The van der Waals surface area contributed by atoms with Gasteiger partial charge in [0, 0.05) is 18.8 Å². The van der Waals surface area contributed by atoms with Crippen LogP contribution >= 0.6 is 0 Å². The topological polar surface area (TPSA) is 79.0 Å². The number of benzene rings is 1. The van der Waals surface area contributed by atoms with E-state index in [9.17, 15) is 21.6 Å². The van der Waals surface area contributed by atoms with Crippen LogP contribution in [0.4, 0.5) is 18.9 Å². The van der Waals surface area contributed by atoms with E-state index >= 15 is 0 Å². The van der Waals surface area contributed by atoms with Crippen LogP contribution < -0.4 is 4.31 Å². The average Bonchev–Trinajstić information content (AvgIpc) is 3.12. The van der Waals surface area contributed by atoms with Crippen molar-refractivity contribution in [3.63, 3.8) is 0 Å². The first kappa shape index (κ1) is 20.8. The molecule has 0 amide bonds. The summed E-state index contributed by atoms with van der Waals surface area (Å²) in [6, 6.07) is 5.83. The summed E-state index contributed by atoms with van der Waals surface area (Å²) in [4.78, 5) is 3.91. The Hall–Kier alpha value is -2.54. The number of alkyl halides is 3. The van der Waals surface area contributed by atoms with E-state index in [1.807, 2.05) is 19.9 Å². The molecule has 0 saturated carbocycles. The van der Waals surface area contributed by atoms with Crippen molar-refractivity contribution in [3.05, 3.63) is 42.4 Å². The van der Waals surface area contributed by atoms with Crippen LogP contribution in [0.25, 0.3) is 0 Å². The normalized spacial score (nSPS) is 13.2. The lowest BCUT2D eigenvalue weighted by atomic mass is 10.2. The zero-order valence-corrected chi connectivity index (χ0v) is 15.6. The first-order valence-corrected chi connectivity index (χ1v) is 9.65. The summed E-state index contributed by atoms with van der Waals surface area (Å²) in [6.45, 7) is 3.54. The van der Waals surface area contributed by atoms with Gasteiger partial charge in [-0.3, -0.25) is 4.31 Å². The van der Waals surface area contributed by atoms with E-state index in [-0.39, 0.29) is 29.7 Å². The summed E-state index contributed by atoms with van der Waals surface area (Å²) in [6.07, 6.45) is -1.33. The summed E-state index contributed by atoms with van der Waals surface area (Å²) < 4.78 is 67.4. The van der Waals surface area contributed by atoms with Gasteiger partial charge in [0.15, 0.2) is 5.03 Å². The molecule has 0 bridgehead atoms. The van der Waals surface area contributed by atoms with E-state index in [2.05, 4.69) is 4.98 Å². The minimum atomic E-state index is -4.61. The van der Waals surface area contributed by atoms with Gasteiger partial charge in [0.2, 0.25) is 0 Å². The molecule has 0 saturated heterocycles. The Bertz CT molecular complexity index is 932. The summed E-state index contributed by atoms with van der Waals surface area (Å²) >= 11 is 0. The molecule has 0 aliphatic heterocycles. The minimum absolute atomic E-state index is 0.0163. The third-order valence-corrected chi connectivity index (χ3v) is 5.83. The molecule has 2 rings (SSSR count). The van der Waals surface area contributed by atoms with Crippen molar-refractivity contribution < 1.29 is 21.6 Å². The Morgan fingerprint density at radius 1 is 1.37 bits per heavy atom. The van der Waals surface area contributed by atoms with Crippen LogP contribution in [0.15, 0.2) is 41.8 Å². The summed E-state index contributed by atoms with van der Waals surface area (Å²) in [5.74, 6) is 0. The second-order valence-electron chi connectivity index (χ2n) is 5.95. The molecule has 1 aromatic heterocycles. The second-order valence-corrected chi connectivity index (χ2v) is 7.76. The van der Waals surface area contributed by atoms with Crippen molar-refractivity contribution in [2.45, 2.75) is 43.9 Å². The number of imidazole rings is 1. The molecule has 0 spiro atoms. The van der Waals surface area contributed by atoms with Gasteiger partial charge >= 0.3 is 6.18 Å². The molecule has 0 fully saturated rings. The lowest BCUT2D eigenvalue weighted by molar-refractivity contribution is -0.137. The first-order chi connectivity index (χ1) is 12.6. The molecule has 0 aliphatic rings. The fourth-order valence-corrected chi connectivity index (χ4v) is 3.78. The van der Waals surface area contributed by atoms with E-state index in [4.69, 9.17) is 5.26 Å². The molecule has 1 heterocycles. The van der Waals surface area contributed by atoms with Gasteiger partial charge in [0.05, 0.1) is 30.1 Å². The van der Waals surface area contributed by atoms with Crippen LogP contribution in [-0.2, 0) is 16.2 Å². The first-order valence-electron chi connectivity index (χ1n) is 8.21. The average molecular weight is 400 g/mol. The molecule has 10 heteroatoms. The molecule has 146 valence electrons. The predicted molar refractivity (Wildman–Crippen MR) is 93.4 cm³/mol. The third-order valence-electron chi connectivity index (χ3n) is 4.12. The van der Waals surface area contributed by atoms with Crippen LogP contribution in [0.1, 0.15) is 38.3 Å². The largest absolute Gasteiger partial charge is 0.416 e. The van der Waals surface area contributed by atoms with E-state index in [1.165, 1.54) is 18.6 Å². The lowest BCUT2D eigenvalue weighted by Crippen LogP contribution is -2.32. The fourth-order valence-electron chi connectivity index (χ4n) is 2.39. The zero-order valence-electron chi connectivity index (χ0n) is 14.8. The van der Waals surface area contributed by atoms with Gasteiger partial charge in [-0.05, 0) is 31.5 Å². The molecule has 2 aromatic rings. The van der Waals surface area contributed by atoms with Crippen LogP contribution in [0.5, 0.6) is 0 Å². The summed E-state index contributed by atoms with van der Waals surface area (Å²) in [5.41, 5.74) is -1.14. The Kier molecular flexibility index (Phi) is 6.15. The molecule has 1 atom stereocenters. The number of nitriles is 1. The van der Waals surface area contributed by atoms with Crippen molar-refractivity contribution in [2.24, 2.45) is 0 Å². The maximum Gasteiger partial charge on any atom is 0.416 e. The predicted octanol–water partition coefficient (Wildman–Crippen LogP) is 3.98. The number of hydrogen-bond acceptors (Lipinski definition) is 4. The molecule has 1 aromatic carbocycles. The highest BCUT2D eigenvalue weighted by Crippen LogP contribution is 2.33. The standard InChI is InChI=1S/C17H19F3N4O2S/c1-3-13(2)23-11-16(22-12-23)27(25,26)24(9-5-8-21)15-7-4-6-14(10-15)17(18,19)20/h4,6-7,10-13H,3,5,9H2,1-2H3/t13-/m0/s1. The molecule has 0 radical (unpaired) electrons.